The minimum atomic E-state index is -0.00747. The predicted octanol–water partition coefficient (Wildman–Crippen LogP) is 4.15. The second-order valence-electron chi connectivity index (χ2n) is 6.87. The van der Waals surface area contributed by atoms with Gasteiger partial charge in [-0.1, -0.05) is 48.9 Å². The molecule has 1 atom stereocenters. The van der Waals surface area contributed by atoms with Crippen molar-refractivity contribution < 1.29 is 9.53 Å². The number of carbonyl (C=O) groups is 1. The molecule has 6 heteroatoms. The second-order valence-corrected chi connectivity index (χ2v) is 7.27. The van der Waals surface area contributed by atoms with E-state index in [2.05, 4.69) is 6.92 Å². The summed E-state index contributed by atoms with van der Waals surface area (Å²) in [6.45, 7) is 4.44. The molecule has 2 aromatic rings. The van der Waals surface area contributed by atoms with E-state index in [1.54, 1.807) is 0 Å². The number of para-hydroxylation sites is 1. The van der Waals surface area contributed by atoms with E-state index in [1.807, 2.05) is 53.4 Å². The van der Waals surface area contributed by atoms with Crippen molar-refractivity contribution in [3.05, 3.63) is 64.7 Å². The van der Waals surface area contributed by atoms with Crippen LogP contribution in [0.4, 0.5) is 0 Å². The average molecular weight is 395 g/mol. The fourth-order valence-corrected chi connectivity index (χ4v) is 3.26. The van der Waals surface area contributed by atoms with Gasteiger partial charge in [0.25, 0.3) is 5.91 Å². The number of halogens is 2. The Balaban J connectivity index is 0.00000243. The SMILES string of the molecule is CC1(CN)CCN(C(=O)c2ccccc2OCc2ccccc2Cl)C1.Cl. The Morgan fingerprint density at radius 1 is 1.23 bits per heavy atom. The van der Waals surface area contributed by atoms with Crippen molar-refractivity contribution in [3.8, 4) is 5.75 Å². The number of amides is 1. The molecule has 3 rings (SSSR count). The van der Waals surface area contributed by atoms with E-state index in [4.69, 9.17) is 22.1 Å². The zero-order valence-corrected chi connectivity index (χ0v) is 16.4. The molecule has 1 unspecified atom stereocenters. The number of ether oxygens (including phenoxy) is 1. The van der Waals surface area contributed by atoms with E-state index in [0.717, 1.165) is 18.5 Å². The third kappa shape index (κ3) is 4.50. The van der Waals surface area contributed by atoms with E-state index in [1.165, 1.54) is 0 Å². The fraction of sp³-hybridized carbons (Fsp3) is 0.350. The normalized spacial score (nSPS) is 19.1. The van der Waals surface area contributed by atoms with E-state index in [0.29, 0.717) is 36.0 Å². The van der Waals surface area contributed by atoms with Gasteiger partial charge in [-0.2, -0.15) is 0 Å². The number of hydrogen-bond acceptors (Lipinski definition) is 3. The summed E-state index contributed by atoms with van der Waals surface area (Å²) in [6.07, 6.45) is 0.928. The van der Waals surface area contributed by atoms with Crippen LogP contribution in [0.25, 0.3) is 0 Å². The van der Waals surface area contributed by atoms with Crippen LogP contribution >= 0.6 is 24.0 Å². The molecular formula is C20H24Cl2N2O2. The maximum absolute atomic E-state index is 12.9. The minimum absolute atomic E-state index is 0. The van der Waals surface area contributed by atoms with Gasteiger partial charge in [-0.15, -0.1) is 12.4 Å². The zero-order valence-electron chi connectivity index (χ0n) is 14.8. The van der Waals surface area contributed by atoms with Gasteiger partial charge in [0.1, 0.15) is 12.4 Å². The van der Waals surface area contributed by atoms with Crippen molar-refractivity contribution in [2.24, 2.45) is 11.1 Å². The molecule has 1 fully saturated rings. The third-order valence-corrected chi connectivity index (χ3v) is 5.17. The number of rotatable bonds is 5. The summed E-state index contributed by atoms with van der Waals surface area (Å²) >= 11 is 6.18. The molecule has 4 nitrogen and oxygen atoms in total. The van der Waals surface area contributed by atoms with Crippen LogP contribution < -0.4 is 10.5 Å². The van der Waals surface area contributed by atoms with Crippen LogP contribution in [0.5, 0.6) is 5.75 Å². The zero-order chi connectivity index (χ0) is 17.9. The highest BCUT2D eigenvalue weighted by Crippen LogP contribution is 2.31. The third-order valence-electron chi connectivity index (χ3n) is 4.80. The van der Waals surface area contributed by atoms with Crippen molar-refractivity contribution >= 4 is 29.9 Å². The standard InChI is InChI=1S/C20H23ClN2O2.ClH/c1-20(13-22)10-11-23(14-20)19(24)16-7-3-5-9-18(16)25-12-15-6-2-4-8-17(15)21;/h2-9H,10-14,22H2,1H3;1H. The number of benzene rings is 2. The van der Waals surface area contributed by atoms with Crippen LogP contribution in [0.2, 0.25) is 5.02 Å². The van der Waals surface area contributed by atoms with E-state index in [-0.39, 0.29) is 23.7 Å². The molecule has 0 bridgehead atoms. The van der Waals surface area contributed by atoms with Gasteiger partial charge in [0.15, 0.2) is 0 Å². The molecular weight excluding hydrogens is 371 g/mol. The molecule has 26 heavy (non-hydrogen) atoms. The summed E-state index contributed by atoms with van der Waals surface area (Å²) in [5.74, 6) is 0.570. The predicted molar refractivity (Wildman–Crippen MR) is 107 cm³/mol. The first kappa shape index (κ1) is 20.6. The highest BCUT2D eigenvalue weighted by Gasteiger charge is 2.35. The molecule has 0 aromatic heterocycles. The van der Waals surface area contributed by atoms with Gasteiger partial charge in [0.05, 0.1) is 5.56 Å². The number of likely N-dealkylation sites (tertiary alicyclic amines) is 1. The minimum Gasteiger partial charge on any atom is -0.488 e. The van der Waals surface area contributed by atoms with Crippen LogP contribution in [-0.4, -0.2) is 30.4 Å². The van der Waals surface area contributed by atoms with E-state index >= 15 is 0 Å². The molecule has 0 aliphatic carbocycles. The van der Waals surface area contributed by atoms with Gasteiger partial charge in [0, 0.05) is 23.7 Å². The lowest BCUT2D eigenvalue weighted by Gasteiger charge is -2.23. The lowest BCUT2D eigenvalue weighted by atomic mass is 9.90. The average Bonchev–Trinajstić information content (AvgIpc) is 3.04. The fourth-order valence-electron chi connectivity index (χ4n) is 3.07. The molecule has 1 aliphatic heterocycles. The molecule has 1 amide bonds. The van der Waals surface area contributed by atoms with Gasteiger partial charge < -0.3 is 15.4 Å². The maximum atomic E-state index is 12.9. The summed E-state index contributed by atoms with van der Waals surface area (Å²) in [5, 5.41) is 0.657. The highest BCUT2D eigenvalue weighted by atomic mass is 35.5. The van der Waals surface area contributed by atoms with Gasteiger partial charge in [-0.3, -0.25) is 4.79 Å². The lowest BCUT2D eigenvalue weighted by molar-refractivity contribution is 0.0772. The molecule has 2 N–H and O–H groups in total. The van der Waals surface area contributed by atoms with Crippen LogP contribution in [-0.2, 0) is 6.61 Å². The van der Waals surface area contributed by atoms with Gasteiger partial charge >= 0.3 is 0 Å². The Bertz CT molecular complexity index is 769. The number of hydrogen-bond donors (Lipinski definition) is 1. The van der Waals surface area contributed by atoms with E-state index < -0.39 is 0 Å². The van der Waals surface area contributed by atoms with Gasteiger partial charge in [-0.05, 0) is 36.6 Å². The first-order valence-corrected chi connectivity index (χ1v) is 8.85. The van der Waals surface area contributed by atoms with Crippen LogP contribution in [0.15, 0.2) is 48.5 Å². The molecule has 0 spiro atoms. The molecule has 0 radical (unpaired) electrons. The molecule has 2 aromatic carbocycles. The summed E-state index contributed by atoms with van der Waals surface area (Å²) < 4.78 is 5.91. The first-order chi connectivity index (χ1) is 12.0. The molecule has 1 saturated heterocycles. The summed E-state index contributed by atoms with van der Waals surface area (Å²) in [5.41, 5.74) is 7.32. The number of nitrogens with zero attached hydrogens (tertiary/aromatic N) is 1. The van der Waals surface area contributed by atoms with Crippen molar-refractivity contribution in [1.82, 2.24) is 4.90 Å². The second kappa shape index (κ2) is 8.76. The smallest absolute Gasteiger partial charge is 0.257 e. The summed E-state index contributed by atoms with van der Waals surface area (Å²) in [6, 6.07) is 14.9. The van der Waals surface area contributed by atoms with Crippen molar-refractivity contribution in [2.45, 2.75) is 20.0 Å². The number of nitrogens with two attached hydrogens (primary N) is 1. The Kier molecular flexibility index (Phi) is 6.93. The van der Waals surface area contributed by atoms with Crippen LogP contribution in [0.1, 0.15) is 29.3 Å². The Hall–Kier alpha value is -1.75. The molecule has 140 valence electrons. The van der Waals surface area contributed by atoms with Crippen molar-refractivity contribution in [3.63, 3.8) is 0 Å². The quantitative estimate of drug-likeness (QED) is 0.828. The van der Waals surface area contributed by atoms with Gasteiger partial charge in [0.2, 0.25) is 0 Å². The Labute approximate surface area is 165 Å². The summed E-state index contributed by atoms with van der Waals surface area (Å²) in [4.78, 5) is 14.8. The van der Waals surface area contributed by atoms with Crippen molar-refractivity contribution in [2.75, 3.05) is 19.6 Å². The number of carbonyl (C=O) groups excluding carboxylic acids is 1. The van der Waals surface area contributed by atoms with Crippen LogP contribution in [0.3, 0.4) is 0 Å². The summed E-state index contributed by atoms with van der Waals surface area (Å²) in [7, 11) is 0. The molecule has 0 saturated carbocycles. The van der Waals surface area contributed by atoms with Gasteiger partial charge in [-0.25, -0.2) is 0 Å². The maximum Gasteiger partial charge on any atom is 0.257 e. The van der Waals surface area contributed by atoms with E-state index in [9.17, 15) is 4.79 Å². The largest absolute Gasteiger partial charge is 0.488 e. The molecule has 1 aliphatic rings. The highest BCUT2D eigenvalue weighted by molar-refractivity contribution is 6.31. The Morgan fingerprint density at radius 3 is 2.62 bits per heavy atom. The topological polar surface area (TPSA) is 55.6 Å². The van der Waals surface area contributed by atoms with Crippen LogP contribution in [0, 0.1) is 5.41 Å². The van der Waals surface area contributed by atoms with Crippen molar-refractivity contribution in [1.29, 1.82) is 0 Å². The molecule has 1 heterocycles. The monoisotopic (exact) mass is 394 g/mol. The first-order valence-electron chi connectivity index (χ1n) is 8.47. The lowest BCUT2D eigenvalue weighted by Crippen LogP contribution is -2.34. The Morgan fingerprint density at radius 2 is 1.92 bits per heavy atom.